The molecule has 2 rings (SSSR count). The first-order valence-electron chi connectivity index (χ1n) is 6.30. The molecule has 7 nitrogen and oxygen atoms in total. The van der Waals surface area contributed by atoms with Crippen molar-refractivity contribution in [2.45, 2.75) is 25.1 Å². The van der Waals surface area contributed by atoms with Crippen LogP contribution in [0, 0.1) is 0 Å². The Morgan fingerprint density at radius 1 is 1.45 bits per heavy atom. The fourth-order valence-corrected chi connectivity index (χ4v) is 2.31. The smallest absolute Gasteiger partial charge is 0.326 e. The number of amides is 2. The number of carboxylic acid groups (broad SMARTS) is 1. The quantitative estimate of drug-likeness (QED) is 0.821. The molecule has 0 bridgehead atoms. The Kier molecular flexibility index (Phi) is 4.19. The molecule has 1 saturated heterocycles. The van der Waals surface area contributed by atoms with Gasteiger partial charge in [0, 0.05) is 39.0 Å². The Balaban J connectivity index is 2.04. The van der Waals surface area contributed by atoms with Gasteiger partial charge in [-0.1, -0.05) is 0 Å². The van der Waals surface area contributed by atoms with E-state index in [0.29, 0.717) is 6.54 Å². The van der Waals surface area contributed by atoms with Gasteiger partial charge in [-0.2, -0.15) is 0 Å². The van der Waals surface area contributed by atoms with Gasteiger partial charge < -0.3 is 20.0 Å². The molecule has 0 radical (unpaired) electrons. The molecule has 2 unspecified atom stereocenters. The fourth-order valence-electron chi connectivity index (χ4n) is 2.31. The van der Waals surface area contributed by atoms with Gasteiger partial charge in [0.1, 0.15) is 6.04 Å². The van der Waals surface area contributed by atoms with Crippen LogP contribution in [0.3, 0.4) is 0 Å². The van der Waals surface area contributed by atoms with Gasteiger partial charge in [0.15, 0.2) is 0 Å². The van der Waals surface area contributed by atoms with Crippen LogP contribution < -0.4 is 0 Å². The number of carbonyl (C=O) groups excluding carboxylic acids is 1. The predicted octanol–water partition coefficient (Wildman–Crippen LogP) is 0.153. The third kappa shape index (κ3) is 3.05. The van der Waals surface area contributed by atoms with Crippen molar-refractivity contribution in [2.75, 3.05) is 13.6 Å². The molecule has 1 aliphatic rings. The number of aliphatic hydroxyl groups excluding tert-OH is 1. The number of β-amino-alcohol motifs (C(OH)–C–C–N with tert-alkyl or cyclic N) is 1. The van der Waals surface area contributed by atoms with E-state index in [9.17, 15) is 14.7 Å². The van der Waals surface area contributed by atoms with Gasteiger partial charge >= 0.3 is 12.0 Å². The molecule has 1 aromatic heterocycles. The van der Waals surface area contributed by atoms with E-state index in [1.807, 2.05) is 0 Å². The maximum atomic E-state index is 12.3. The van der Waals surface area contributed by atoms with E-state index >= 15 is 0 Å². The number of urea groups is 1. The van der Waals surface area contributed by atoms with Gasteiger partial charge in [-0.25, -0.2) is 9.59 Å². The fraction of sp³-hybridized carbons (Fsp3) is 0.462. The zero-order chi connectivity index (χ0) is 14.7. The second kappa shape index (κ2) is 5.87. The molecule has 2 N–H and O–H groups in total. The molecular weight excluding hydrogens is 262 g/mol. The third-order valence-corrected chi connectivity index (χ3v) is 3.31. The van der Waals surface area contributed by atoms with Gasteiger partial charge in [0.05, 0.1) is 6.10 Å². The van der Waals surface area contributed by atoms with Gasteiger partial charge in [-0.05, 0) is 17.7 Å². The Morgan fingerprint density at radius 3 is 2.70 bits per heavy atom. The molecule has 108 valence electrons. The highest BCUT2D eigenvalue weighted by Crippen LogP contribution is 2.20. The second-order valence-corrected chi connectivity index (χ2v) is 4.89. The number of aliphatic hydroxyl groups is 1. The summed E-state index contributed by atoms with van der Waals surface area (Å²) in [6.45, 7) is 0.413. The van der Waals surface area contributed by atoms with E-state index in [-0.39, 0.29) is 13.0 Å². The number of likely N-dealkylation sites (tertiary alicyclic amines) is 1. The van der Waals surface area contributed by atoms with Crippen LogP contribution in [-0.2, 0) is 11.3 Å². The molecule has 1 fully saturated rings. The number of carboxylic acids is 1. The first-order valence-corrected chi connectivity index (χ1v) is 6.30. The lowest BCUT2D eigenvalue weighted by atomic mass is 10.2. The highest BCUT2D eigenvalue weighted by atomic mass is 16.4. The number of pyridine rings is 1. The van der Waals surface area contributed by atoms with Gasteiger partial charge in [0.25, 0.3) is 0 Å². The summed E-state index contributed by atoms with van der Waals surface area (Å²) in [5.74, 6) is -1.09. The normalized spacial score (nSPS) is 21.8. The Hall–Kier alpha value is -2.15. The number of rotatable bonds is 3. The highest BCUT2D eigenvalue weighted by molar-refractivity contribution is 5.83. The number of nitrogens with zero attached hydrogens (tertiary/aromatic N) is 3. The number of aliphatic carboxylic acids is 1. The molecule has 0 saturated carbocycles. The highest BCUT2D eigenvalue weighted by Gasteiger charge is 2.39. The van der Waals surface area contributed by atoms with Crippen LogP contribution >= 0.6 is 0 Å². The number of carbonyl (C=O) groups is 2. The molecule has 1 aromatic rings. The van der Waals surface area contributed by atoms with Crippen LogP contribution in [-0.4, -0.2) is 62.7 Å². The monoisotopic (exact) mass is 279 g/mol. The molecule has 7 heteroatoms. The lowest BCUT2D eigenvalue weighted by Gasteiger charge is -2.27. The van der Waals surface area contributed by atoms with Crippen molar-refractivity contribution in [3.05, 3.63) is 30.1 Å². The molecule has 1 aliphatic heterocycles. The third-order valence-electron chi connectivity index (χ3n) is 3.31. The Bertz CT molecular complexity index is 494. The molecule has 2 atom stereocenters. The topological polar surface area (TPSA) is 94.0 Å². The minimum atomic E-state index is -1.09. The zero-order valence-corrected chi connectivity index (χ0v) is 11.1. The minimum Gasteiger partial charge on any atom is -0.480 e. The van der Waals surface area contributed by atoms with E-state index < -0.39 is 24.1 Å². The van der Waals surface area contributed by atoms with E-state index in [1.54, 1.807) is 31.6 Å². The standard InChI is InChI=1S/C13H17N3O4/c1-15(7-9-2-4-14-5-3-9)13(20)16-8-10(17)6-11(16)12(18)19/h2-5,10-11,17H,6-8H2,1H3,(H,18,19). The van der Waals surface area contributed by atoms with Crippen LogP contribution in [0.4, 0.5) is 4.79 Å². The molecule has 0 aromatic carbocycles. The summed E-state index contributed by atoms with van der Waals surface area (Å²) in [5.41, 5.74) is 0.905. The molecular formula is C13H17N3O4. The lowest BCUT2D eigenvalue weighted by molar-refractivity contribution is -0.141. The van der Waals surface area contributed by atoms with Gasteiger partial charge in [-0.15, -0.1) is 0 Å². The van der Waals surface area contributed by atoms with Crippen LogP contribution in [0.1, 0.15) is 12.0 Å². The Morgan fingerprint density at radius 2 is 2.10 bits per heavy atom. The maximum absolute atomic E-state index is 12.3. The second-order valence-electron chi connectivity index (χ2n) is 4.89. The zero-order valence-electron chi connectivity index (χ0n) is 11.1. The van der Waals surface area contributed by atoms with Crippen LogP contribution in [0.5, 0.6) is 0 Å². The molecule has 0 spiro atoms. The van der Waals surface area contributed by atoms with Crippen molar-refractivity contribution < 1.29 is 19.8 Å². The van der Waals surface area contributed by atoms with E-state index in [4.69, 9.17) is 5.11 Å². The summed E-state index contributed by atoms with van der Waals surface area (Å²) in [6.07, 6.45) is 2.56. The van der Waals surface area contributed by atoms with Crippen LogP contribution in [0.25, 0.3) is 0 Å². The average Bonchev–Trinajstić information content (AvgIpc) is 2.81. The van der Waals surface area contributed by atoms with E-state index in [2.05, 4.69) is 4.98 Å². The summed E-state index contributed by atoms with van der Waals surface area (Å²) >= 11 is 0. The molecule has 20 heavy (non-hydrogen) atoms. The average molecular weight is 279 g/mol. The largest absolute Gasteiger partial charge is 0.480 e. The van der Waals surface area contributed by atoms with E-state index in [0.717, 1.165) is 5.56 Å². The van der Waals surface area contributed by atoms with Gasteiger partial charge in [-0.3, -0.25) is 4.98 Å². The Labute approximate surface area is 116 Å². The summed E-state index contributed by atoms with van der Waals surface area (Å²) in [5, 5.41) is 18.6. The van der Waals surface area contributed by atoms with Gasteiger partial charge in [0.2, 0.25) is 0 Å². The van der Waals surface area contributed by atoms with Crippen molar-refractivity contribution in [1.29, 1.82) is 0 Å². The summed E-state index contributed by atoms with van der Waals surface area (Å²) in [6, 6.07) is 2.22. The van der Waals surface area contributed by atoms with Crippen molar-refractivity contribution in [3.8, 4) is 0 Å². The number of hydrogen-bond acceptors (Lipinski definition) is 4. The van der Waals surface area contributed by atoms with Crippen LogP contribution in [0.15, 0.2) is 24.5 Å². The molecule has 2 amide bonds. The van der Waals surface area contributed by atoms with Crippen molar-refractivity contribution >= 4 is 12.0 Å². The lowest BCUT2D eigenvalue weighted by Crippen LogP contribution is -2.46. The first kappa shape index (κ1) is 14.3. The molecule has 2 heterocycles. The van der Waals surface area contributed by atoms with Crippen molar-refractivity contribution in [3.63, 3.8) is 0 Å². The van der Waals surface area contributed by atoms with Crippen LogP contribution in [0.2, 0.25) is 0 Å². The number of hydrogen-bond donors (Lipinski definition) is 2. The van der Waals surface area contributed by atoms with Crippen molar-refractivity contribution in [2.24, 2.45) is 0 Å². The predicted molar refractivity (Wildman–Crippen MR) is 69.9 cm³/mol. The maximum Gasteiger partial charge on any atom is 0.326 e. The SMILES string of the molecule is CN(Cc1ccncc1)C(=O)N1CC(O)CC1C(=O)O. The summed E-state index contributed by atoms with van der Waals surface area (Å²) in [7, 11) is 1.60. The van der Waals surface area contributed by atoms with E-state index in [1.165, 1.54) is 9.80 Å². The summed E-state index contributed by atoms with van der Waals surface area (Å²) in [4.78, 5) is 29.9. The molecule has 0 aliphatic carbocycles. The first-order chi connectivity index (χ1) is 9.49. The summed E-state index contributed by atoms with van der Waals surface area (Å²) < 4.78 is 0. The van der Waals surface area contributed by atoms with Crippen molar-refractivity contribution in [1.82, 2.24) is 14.8 Å². The number of aromatic nitrogens is 1. The minimum absolute atomic E-state index is 0.0521.